The number of alkyl halides is 3. The van der Waals surface area contributed by atoms with E-state index in [-0.39, 0.29) is 24.2 Å². The predicted octanol–water partition coefficient (Wildman–Crippen LogP) is 3.75. The number of carbonyl (C=O) groups is 1. The fourth-order valence-corrected chi connectivity index (χ4v) is 4.04. The Balaban J connectivity index is 2.10. The summed E-state index contributed by atoms with van der Waals surface area (Å²) in [7, 11) is 1.66. The van der Waals surface area contributed by atoms with Crippen molar-refractivity contribution in [1.29, 1.82) is 0 Å². The number of hydrogen-bond acceptors (Lipinski definition) is 2. The number of likely N-dealkylation sites (N-methyl/N-ethyl adjacent to an activating group) is 1. The fraction of sp³-hybridized carbons (Fsp3) is 0.500. The largest absolute Gasteiger partial charge is 0.465 e. The fourth-order valence-electron chi connectivity index (χ4n) is 3.56. The zero-order valence-electron chi connectivity index (χ0n) is 11.7. The van der Waals surface area contributed by atoms with Crippen molar-refractivity contribution in [2.24, 2.45) is 0 Å². The molecule has 2 atom stereocenters. The second-order valence-electron chi connectivity index (χ2n) is 5.69. The average molecular weight is 379 g/mol. The summed E-state index contributed by atoms with van der Waals surface area (Å²) in [6.45, 7) is 0.572. The molecule has 1 aromatic rings. The van der Waals surface area contributed by atoms with Crippen LogP contribution in [0.1, 0.15) is 23.5 Å². The first-order valence-corrected chi connectivity index (χ1v) is 7.60. The highest BCUT2D eigenvalue weighted by Gasteiger charge is 2.46. The molecule has 1 saturated heterocycles. The molecule has 4 nitrogen and oxygen atoms in total. The van der Waals surface area contributed by atoms with Gasteiger partial charge in [0.15, 0.2) is 0 Å². The van der Waals surface area contributed by atoms with Gasteiger partial charge in [-0.2, -0.15) is 13.2 Å². The zero-order valence-corrected chi connectivity index (χ0v) is 13.3. The Morgan fingerprint density at radius 1 is 1.41 bits per heavy atom. The van der Waals surface area contributed by atoms with Crippen molar-refractivity contribution >= 4 is 27.7 Å². The molecule has 3 rings (SSSR count). The number of benzene rings is 1. The van der Waals surface area contributed by atoms with Gasteiger partial charge in [-0.1, -0.05) is 15.9 Å². The van der Waals surface area contributed by atoms with Gasteiger partial charge < -0.3 is 14.9 Å². The summed E-state index contributed by atoms with van der Waals surface area (Å²) in [6, 6.07) is 2.67. The molecule has 1 aromatic carbocycles. The standard InChI is InChI=1S/C14H14BrF3N2O2/c1-19-11-2-3-20(13(21)22)6-9(11)8-4-7(15)5-10(12(8)19)14(16,17)18/h4-5,9,11H,2-3,6H2,1H3,(H,21,22). The molecule has 0 aromatic heterocycles. The molecule has 8 heteroatoms. The number of piperidine rings is 1. The van der Waals surface area contributed by atoms with Gasteiger partial charge in [0.05, 0.1) is 11.3 Å². The average Bonchev–Trinajstić information content (AvgIpc) is 2.70. The highest BCUT2D eigenvalue weighted by Crippen LogP contribution is 2.50. The molecule has 1 N–H and O–H groups in total. The van der Waals surface area contributed by atoms with Gasteiger partial charge in [-0.15, -0.1) is 0 Å². The van der Waals surface area contributed by atoms with Crippen LogP contribution in [-0.2, 0) is 6.18 Å². The van der Waals surface area contributed by atoms with Crippen molar-refractivity contribution in [1.82, 2.24) is 4.90 Å². The molecule has 0 aliphatic carbocycles. The van der Waals surface area contributed by atoms with Crippen molar-refractivity contribution in [3.05, 3.63) is 27.7 Å². The van der Waals surface area contributed by atoms with E-state index in [1.807, 2.05) is 0 Å². The monoisotopic (exact) mass is 378 g/mol. The first kappa shape index (κ1) is 15.5. The number of halogens is 4. The van der Waals surface area contributed by atoms with E-state index in [0.717, 1.165) is 6.07 Å². The van der Waals surface area contributed by atoms with E-state index < -0.39 is 17.8 Å². The zero-order chi connectivity index (χ0) is 16.2. The normalized spacial score (nSPS) is 24.2. The van der Waals surface area contributed by atoms with E-state index in [1.54, 1.807) is 18.0 Å². The van der Waals surface area contributed by atoms with Gasteiger partial charge in [0.25, 0.3) is 0 Å². The van der Waals surface area contributed by atoms with Crippen molar-refractivity contribution < 1.29 is 23.1 Å². The molecular weight excluding hydrogens is 365 g/mol. The molecule has 0 spiro atoms. The smallest absolute Gasteiger partial charge is 0.418 e. The van der Waals surface area contributed by atoms with Crippen LogP contribution in [0.2, 0.25) is 0 Å². The molecule has 0 radical (unpaired) electrons. The lowest BCUT2D eigenvalue weighted by Crippen LogP contribution is -2.46. The minimum absolute atomic E-state index is 0.0963. The predicted molar refractivity (Wildman–Crippen MR) is 78.3 cm³/mol. The van der Waals surface area contributed by atoms with E-state index in [0.29, 0.717) is 23.0 Å². The summed E-state index contributed by atoms with van der Waals surface area (Å²) in [4.78, 5) is 14.1. The first-order valence-electron chi connectivity index (χ1n) is 6.81. The summed E-state index contributed by atoms with van der Waals surface area (Å²) in [6.07, 6.45) is -4.94. The summed E-state index contributed by atoms with van der Waals surface area (Å²) < 4.78 is 40.3. The van der Waals surface area contributed by atoms with Crippen molar-refractivity contribution in [2.45, 2.75) is 24.6 Å². The summed E-state index contributed by atoms with van der Waals surface area (Å²) in [5.41, 5.74) is 0.0775. The van der Waals surface area contributed by atoms with Gasteiger partial charge in [-0.3, -0.25) is 0 Å². The topological polar surface area (TPSA) is 43.8 Å². The van der Waals surface area contributed by atoms with Crippen molar-refractivity contribution in [3.8, 4) is 0 Å². The minimum atomic E-state index is -4.44. The van der Waals surface area contributed by atoms with Crippen LogP contribution in [0.15, 0.2) is 16.6 Å². The molecule has 1 amide bonds. The molecule has 2 aliphatic rings. The number of nitrogens with zero attached hydrogens (tertiary/aromatic N) is 2. The number of fused-ring (bicyclic) bond motifs is 3. The van der Waals surface area contributed by atoms with E-state index in [9.17, 15) is 18.0 Å². The Bertz CT molecular complexity index is 635. The third kappa shape index (κ3) is 2.33. The Labute approximate surface area is 133 Å². The lowest BCUT2D eigenvalue weighted by molar-refractivity contribution is -0.137. The quantitative estimate of drug-likeness (QED) is 0.747. The van der Waals surface area contributed by atoms with Crippen LogP contribution in [-0.4, -0.2) is 42.3 Å². The van der Waals surface area contributed by atoms with E-state index in [1.165, 1.54) is 4.90 Å². The molecular formula is C14H14BrF3N2O2. The Kier molecular flexibility index (Phi) is 3.54. The van der Waals surface area contributed by atoms with Gasteiger partial charge in [0.1, 0.15) is 0 Å². The maximum atomic E-state index is 13.3. The lowest BCUT2D eigenvalue weighted by atomic mass is 9.89. The number of carboxylic acid groups (broad SMARTS) is 1. The SMILES string of the molecule is CN1c2c(cc(Br)cc2C(F)(F)F)C2CN(C(=O)O)CCC21. The molecule has 2 unspecified atom stereocenters. The third-order valence-corrected chi connectivity index (χ3v) is 4.96. The van der Waals surface area contributed by atoms with Gasteiger partial charge in [0, 0.05) is 36.6 Å². The van der Waals surface area contributed by atoms with Gasteiger partial charge in [0.2, 0.25) is 0 Å². The van der Waals surface area contributed by atoms with Crippen LogP contribution < -0.4 is 4.90 Å². The van der Waals surface area contributed by atoms with Gasteiger partial charge in [-0.25, -0.2) is 4.79 Å². The Hall–Kier alpha value is -1.44. The van der Waals surface area contributed by atoms with E-state index in [2.05, 4.69) is 15.9 Å². The number of likely N-dealkylation sites (tertiary alicyclic amines) is 1. The maximum absolute atomic E-state index is 13.3. The number of hydrogen-bond donors (Lipinski definition) is 1. The summed E-state index contributed by atoms with van der Waals surface area (Å²) >= 11 is 3.14. The summed E-state index contributed by atoms with van der Waals surface area (Å²) in [5, 5.41) is 9.13. The van der Waals surface area contributed by atoms with Crippen LogP contribution >= 0.6 is 15.9 Å². The molecule has 2 aliphatic heterocycles. The number of rotatable bonds is 0. The van der Waals surface area contributed by atoms with Crippen LogP contribution in [0.5, 0.6) is 0 Å². The molecule has 22 heavy (non-hydrogen) atoms. The van der Waals surface area contributed by atoms with Crippen molar-refractivity contribution in [2.75, 3.05) is 25.0 Å². The van der Waals surface area contributed by atoms with Crippen LogP contribution in [0.3, 0.4) is 0 Å². The van der Waals surface area contributed by atoms with Crippen LogP contribution in [0.25, 0.3) is 0 Å². The number of anilines is 1. The second kappa shape index (κ2) is 5.04. The highest BCUT2D eigenvalue weighted by molar-refractivity contribution is 9.10. The lowest BCUT2D eigenvalue weighted by Gasteiger charge is -2.36. The van der Waals surface area contributed by atoms with Crippen molar-refractivity contribution in [3.63, 3.8) is 0 Å². The molecule has 0 saturated carbocycles. The Morgan fingerprint density at radius 2 is 2.09 bits per heavy atom. The van der Waals surface area contributed by atoms with E-state index in [4.69, 9.17) is 5.11 Å². The minimum Gasteiger partial charge on any atom is -0.465 e. The number of amides is 1. The molecule has 1 fully saturated rings. The van der Waals surface area contributed by atoms with Gasteiger partial charge in [-0.05, 0) is 24.1 Å². The summed E-state index contributed by atoms with van der Waals surface area (Å²) in [5.74, 6) is -0.233. The maximum Gasteiger partial charge on any atom is 0.418 e. The van der Waals surface area contributed by atoms with E-state index >= 15 is 0 Å². The molecule has 0 bridgehead atoms. The Morgan fingerprint density at radius 3 is 2.68 bits per heavy atom. The molecule has 2 heterocycles. The second-order valence-corrected chi connectivity index (χ2v) is 6.61. The van der Waals surface area contributed by atoms with Crippen LogP contribution in [0, 0.1) is 0 Å². The first-order chi connectivity index (χ1) is 10.2. The highest BCUT2D eigenvalue weighted by atomic mass is 79.9. The molecule has 120 valence electrons. The van der Waals surface area contributed by atoms with Gasteiger partial charge >= 0.3 is 12.3 Å². The van der Waals surface area contributed by atoms with Crippen LogP contribution in [0.4, 0.5) is 23.7 Å². The third-order valence-electron chi connectivity index (χ3n) is 4.51.